The summed E-state index contributed by atoms with van der Waals surface area (Å²) in [6, 6.07) is 0.0729. The number of hydrogen-bond donors (Lipinski definition) is 0. The van der Waals surface area contributed by atoms with Gasteiger partial charge in [-0.1, -0.05) is 0 Å². The summed E-state index contributed by atoms with van der Waals surface area (Å²) in [5, 5.41) is 0. The normalized spacial score (nSPS) is 35.8. The summed E-state index contributed by atoms with van der Waals surface area (Å²) in [5.74, 6) is -3.13. The highest BCUT2D eigenvalue weighted by molar-refractivity contribution is 5.03. The highest BCUT2D eigenvalue weighted by atomic mass is 19.3. The maximum absolute atomic E-state index is 13.5. The molecule has 0 aromatic heterocycles. The third-order valence-corrected chi connectivity index (χ3v) is 3.21. The van der Waals surface area contributed by atoms with E-state index < -0.39 is 11.8 Å². The van der Waals surface area contributed by atoms with Crippen molar-refractivity contribution < 1.29 is 13.5 Å². The molecule has 2 aliphatic rings. The van der Waals surface area contributed by atoms with E-state index in [1.165, 1.54) is 0 Å². The summed E-state index contributed by atoms with van der Waals surface area (Å²) >= 11 is 0. The van der Waals surface area contributed by atoms with Crippen molar-refractivity contribution in [3.63, 3.8) is 0 Å². The first-order chi connectivity index (χ1) is 6.50. The second-order valence-electron chi connectivity index (χ2n) is 4.58. The zero-order valence-corrected chi connectivity index (χ0v) is 8.67. The van der Waals surface area contributed by atoms with Crippen LogP contribution >= 0.6 is 0 Å². The van der Waals surface area contributed by atoms with Crippen molar-refractivity contribution in [2.45, 2.75) is 38.3 Å². The quantitative estimate of drug-likeness (QED) is 0.696. The molecule has 2 saturated heterocycles. The monoisotopic (exact) mass is 205 g/mol. The van der Waals surface area contributed by atoms with E-state index in [-0.39, 0.29) is 25.3 Å². The molecule has 0 aliphatic carbocycles. The summed E-state index contributed by atoms with van der Waals surface area (Å²) < 4.78 is 32.3. The van der Waals surface area contributed by atoms with Gasteiger partial charge in [-0.2, -0.15) is 0 Å². The van der Waals surface area contributed by atoms with Crippen LogP contribution < -0.4 is 0 Å². The van der Waals surface area contributed by atoms with Gasteiger partial charge >= 0.3 is 0 Å². The minimum atomic E-state index is -2.55. The lowest BCUT2D eigenvalue weighted by atomic mass is 9.92. The Bertz CT molecular complexity index is 220. The lowest BCUT2D eigenvalue weighted by molar-refractivity contribution is -0.0711. The number of rotatable bonds is 3. The van der Waals surface area contributed by atoms with E-state index in [9.17, 15) is 8.78 Å². The highest BCUT2D eigenvalue weighted by Crippen LogP contribution is 2.43. The Kier molecular flexibility index (Phi) is 2.52. The van der Waals surface area contributed by atoms with Crippen molar-refractivity contribution >= 4 is 0 Å². The molecule has 0 radical (unpaired) electrons. The van der Waals surface area contributed by atoms with Gasteiger partial charge in [0.1, 0.15) is 0 Å². The van der Waals surface area contributed by atoms with Gasteiger partial charge in [0, 0.05) is 12.6 Å². The summed E-state index contributed by atoms with van der Waals surface area (Å²) in [5.41, 5.74) is 0. The Morgan fingerprint density at radius 3 is 2.64 bits per heavy atom. The first-order valence-corrected chi connectivity index (χ1v) is 5.24. The number of fused-ring (bicyclic) bond motifs is 1. The van der Waals surface area contributed by atoms with Crippen LogP contribution in [-0.4, -0.2) is 42.7 Å². The third kappa shape index (κ3) is 1.65. The zero-order valence-electron chi connectivity index (χ0n) is 8.67. The molecule has 0 saturated carbocycles. The molecule has 0 N–H and O–H groups in total. The van der Waals surface area contributed by atoms with Gasteiger partial charge in [0.15, 0.2) is 0 Å². The van der Waals surface area contributed by atoms with Gasteiger partial charge in [0.05, 0.1) is 25.2 Å². The van der Waals surface area contributed by atoms with E-state index in [1.807, 2.05) is 18.7 Å². The second-order valence-corrected chi connectivity index (χ2v) is 4.58. The van der Waals surface area contributed by atoms with Gasteiger partial charge in [-0.05, 0) is 20.3 Å². The fourth-order valence-corrected chi connectivity index (χ4v) is 2.31. The molecule has 14 heavy (non-hydrogen) atoms. The van der Waals surface area contributed by atoms with E-state index in [0.717, 1.165) is 13.0 Å². The van der Waals surface area contributed by atoms with Crippen LogP contribution in [0.5, 0.6) is 0 Å². The maximum Gasteiger partial charge on any atom is 0.267 e. The average Bonchev–Trinajstić information content (AvgIpc) is 2.20. The predicted octanol–water partition coefficient (Wildman–Crippen LogP) is 1.75. The van der Waals surface area contributed by atoms with Crippen LogP contribution in [0.3, 0.4) is 0 Å². The molecule has 82 valence electrons. The summed E-state index contributed by atoms with van der Waals surface area (Å²) in [7, 11) is 0. The molecule has 0 amide bonds. The molecule has 0 spiro atoms. The largest absolute Gasteiger partial charge is 0.378 e. The summed E-state index contributed by atoms with van der Waals surface area (Å²) in [4.78, 5) is 1.87. The SMILES string of the molecule is CC(C)OCC1C2CCN2CC1(F)F. The smallest absolute Gasteiger partial charge is 0.267 e. The molecule has 0 bridgehead atoms. The summed E-state index contributed by atoms with van der Waals surface area (Å²) in [6.45, 7) is 4.73. The summed E-state index contributed by atoms with van der Waals surface area (Å²) in [6.07, 6.45) is 0.946. The first kappa shape index (κ1) is 10.3. The Hall–Kier alpha value is -0.220. The van der Waals surface area contributed by atoms with Crippen LogP contribution in [0.2, 0.25) is 0 Å². The molecule has 0 aromatic rings. The molecule has 2 heterocycles. The number of ether oxygens (including phenoxy) is 1. The van der Waals surface area contributed by atoms with Gasteiger partial charge in [-0.3, -0.25) is 4.90 Å². The zero-order chi connectivity index (χ0) is 10.3. The minimum Gasteiger partial charge on any atom is -0.378 e. The van der Waals surface area contributed by atoms with Crippen LogP contribution in [0.1, 0.15) is 20.3 Å². The predicted molar refractivity (Wildman–Crippen MR) is 49.5 cm³/mol. The number of nitrogens with zero attached hydrogens (tertiary/aromatic N) is 1. The van der Waals surface area contributed by atoms with E-state index in [2.05, 4.69) is 0 Å². The molecular weight excluding hydrogens is 188 g/mol. The molecule has 4 heteroatoms. The van der Waals surface area contributed by atoms with Gasteiger partial charge in [0.25, 0.3) is 5.92 Å². The van der Waals surface area contributed by atoms with Crippen LogP contribution in [-0.2, 0) is 4.74 Å². The Morgan fingerprint density at radius 1 is 1.50 bits per heavy atom. The topological polar surface area (TPSA) is 12.5 Å². The van der Waals surface area contributed by atoms with Crippen LogP contribution in [0.25, 0.3) is 0 Å². The minimum absolute atomic E-state index is 0.0416. The Balaban J connectivity index is 1.94. The third-order valence-electron chi connectivity index (χ3n) is 3.21. The van der Waals surface area contributed by atoms with Crippen molar-refractivity contribution in [3.8, 4) is 0 Å². The van der Waals surface area contributed by atoms with E-state index in [0.29, 0.717) is 0 Å². The standard InChI is InChI=1S/C10H17F2NO/c1-7(2)14-5-8-9-3-4-13(9)6-10(8,11)12/h7-9H,3-6H2,1-2H3. The lowest BCUT2D eigenvalue weighted by Crippen LogP contribution is -2.46. The van der Waals surface area contributed by atoms with Crippen molar-refractivity contribution in [1.82, 2.24) is 4.90 Å². The van der Waals surface area contributed by atoms with Crippen molar-refractivity contribution in [2.75, 3.05) is 19.7 Å². The van der Waals surface area contributed by atoms with Crippen molar-refractivity contribution in [2.24, 2.45) is 5.92 Å². The van der Waals surface area contributed by atoms with Crippen molar-refractivity contribution in [3.05, 3.63) is 0 Å². The fraction of sp³-hybridized carbons (Fsp3) is 1.00. The van der Waals surface area contributed by atoms with Gasteiger partial charge in [0.2, 0.25) is 0 Å². The van der Waals surface area contributed by atoms with E-state index in [4.69, 9.17) is 4.74 Å². The number of halogens is 2. The van der Waals surface area contributed by atoms with Gasteiger partial charge < -0.3 is 4.74 Å². The average molecular weight is 205 g/mol. The molecule has 0 aromatic carbocycles. The molecule has 2 unspecified atom stereocenters. The van der Waals surface area contributed by atoms with Crippen molar-refractivity contribution in [1.29, 1.82) is 0 Å². The fourth-order valence-electron chi connectivity index (χ4n) is 2.31. The Labute approximate surface area is 83.2 Å². The number of alkyl halides is 2. The molecule has 2 rings (SSSR count). The highest BCUT2D eigenvalue weighted by Gasteiger charge is 2.57. The van der Waals surface area contributed by atoms with E-state index in [1.54, 1.807) is 0 Å². The molecule has 2 nitrogen and oxygen atoms in total. The Morgan fingerprint density at radius 2 is 2.21 bits per heavy atom. The first-order valence-electron chi connectivity index (χ1n) is 5.24. The van der Waals surface area contributed by atoms with E-state index >= 15 is 0 Å². The molecule has 2 fully saturated rings. The lowest BCUT2D eigenvalue weighted by Gasteiger charge is -2.36. The van der Waals surface area contributed by atoms with Gasteiger partial charge in [-0.25, -0.2) is 8.78 Å². The molecule has 2 aliphatic heterocycles. The number of hydrogen-bond acceptors (Lipinski definition) is 2. The van der Waals surface area contributed by atoms with Crippen LogP contribution in [0, 0.1) is 5.92 Å². The van der Waals surface area contributed by atoms with Gasteiger partial charge in [-0.15, -0.1) is 0 Å². The second kappa shape index (κ2) is 3.42. The molecular formula is C10H17F2NO. The maximum atomic E-state index is 13.5. The van der Waals surface area contributed by atoms with Crippen LogP contribution in [0.15, 0.2) is 0 Å². The van der Waals surface area contributed by atoms with Crippen LogP contribution in [0.4, 0.5) is 8.78 Å². The molecule has 2 atom stereocenters.